The van der Waals surface area contributed by atoms with Crippen LogP contribution in [0.3, 0.4) is 0 Å². The molecule has 0 spiro atoms. The first-order chi connectivity index (χ1) is 8.77. The van der Waals surface area contributed by atoms with Gasteiger partial charge in [0, 0.05) is 13.1 Å². The molecule has 0 heterocycles. The summed E-state index contributed by atoms with van der Waals surface area (Å²) in [4.78, 5) is 0. The summed E-state index contributed by atoms with van der Waals surface area (Å²) in [6.45, 7) is 2.34. The molecule has 100 valence electrons. The molecule has 0 unspecified atom stereocenters. The van der Waals surface area contributed by atoms with E-state index in [2.05, 4.69) is 5.32 Å². The average molecular weight is 288 g/mol. The minimum atomic E-state index is 0.488. The van der Waals surface area contributed by atoms with Crippen LogP contribution in [0.5, 0.6) is 0 Å². The SMILES string of the molecule is Clc1cccc(CNCCOC2CCCC2)c1Cl. The topological polar surface area (TPSA) is 21.3 Å². The van der Waals surface area contributed by atoms with Gasteiger partial charge in [0.2, 0.25) is 0 Å². The van der Waals surface area contributed by atoms with E-state index in [1.54, 1.807) is 6.07 Å². The summed E-state index contributed by atoms with van der Waals surface area (Å²) in [5.74, 6) is 0. The molecule has 1 N–H and O–H groups in total. The molecule has 0 amide bonds. The van der Waals surface area contributed by atoms with Crippen molar-refractivity contribution in [1.82, 2.24) is 5.32 Å². The van der Waals surface area contributed by atoms with E-state index in [1.165, 1.54) is 25.7 Å². The van der Waals surface area contributed by atoms with Crippen molar-refractivity contribution in [3.8, 4) is 0 Å². The second-order valence-corrected chi connectivity index (χ2v) is 5.45. The third-order valence-electron chi connectivity index (χ3n) is 3.28. The maximum Gasteiger partial charge on any atom is 0.0637 e. The van der Waals surface area contributed by atoms with Crippen LogP contribution in [-0.2, 0) is 11.3 Å². The highest BCUT2D eigenvalue weighted by Crippen LogP contribution is 2.25. The van der Waals surface area contributed by atoms with Gasteiger partial charge in [0.1, 0.15) is 0 Å². The van der Waals surface area contributed by atoms with E-state index in [1.807, 2.05) is 12.1 Å². The molecule has 0 saturated heterocycles. The molecule has 1 aliphatic rings. The number of rotatable bonds is 6. The summed E-state index contributed by atoms with van der Waals surface area (Å²) in [6, 6.07) is 5.70. The molecule has 18 heavy (non-hydrogen) atoms. The van der Waals surface area contributed by atoms with Crippen LogP contribution in [0.1, 0.15) is 31.2 Å². The monoisotopic (exact) mass is 287 g/mol. The molecule has 4 heteroatoms. The molecule has 0 aliphatic heterocycles. The van der Waals surface area contributed by atoms with Crippen molar-refractivity contribution in [1.29, 1.82) is 0 Å². The highest BCUT2D eigenvalue weighted by atomic mass is 35.5. The van der Waals surface area contributed by atoms with Crippen molar-refractivity contribution < 1.29 is 4.74 Å². The van der Waals surface area contributed by atoms with Gasteiger partial charge in [0.25, 0.3) is 0 Å². The number of halogens is 2. The van der Waals surface area contributed by atoms with Crippen molar-refractivity contribution >= 4 is 23.2 Å². The quantitative estimate of drug-likeness (QED) is 0.798. The molecule has 1 aromatic carbocycles. The summed E-state index contributed by atoms with van der Waals surface area (Å²) in [6.07, 6.45) is 5.56. The molecule has 0 radical (unpaired) electrons. The lowest BCUT2D eigenvalue weighted by molar-refractivity contribution is 0.0603. The maximum atomic E-state index is 6.11. The fraction of sp³-hybridized carbons (Fsp3) is 0.571. The Balaban J connectivity index is 1.64. The zero-order valence-corrected chi connectivity index (χ0v) is 11.9. The zero-order valence-electron chi connectivity index (χ0n) is 10.4. The van der Waals surface area contributed by atoms with E-state index in [0.29, 0.717) is 16.1 Å². The first kappa shape index (κ1) is 14.1. The van der Waals surface area contributed by atoms with Crippen LogP contribution in [0, 0.1) is 0 Å². The molecular formula is C14H19Cl2NO. The predicted molar refractivity (Wildman–Crippen MR) is 76.4 cm³/mol. The lowest BCUT2D eigenvalue weighted by Crippen LogP contribution is -2.22. The Morgan fingerprint density at radius 2 is 2.00 bits per heavy atom. The van der Waals surface area contributed by atoms with Crippen molar-refractivity contribution in [3.05, 3.63) is 33.8 Å². The Morgan fingerprint density at radius 3 is 2.78 bits per heavy atom. The normalized spacial score (nSPS) is 16.3. The van der Waals surface area contributed by atoms with E-state index in [9.17, 15) is 0 Å². The van der Waals surface area contributed by atoms with Gasteiger partial charge in [-0.25, -0.2) is 0 Å². The minimum absolute atomic E-state index is 0.488. The molecule has 1 aromatic rings. The standard InChI is InChI=1S/C14H19Cl2NO/c15-13-7-3-4-11(14(13)16)10-17-8-9-18-12-5-1-2-6-12/h3-4,7,12,17H,1-2,5-6,8-10H2. The number of ether oxygens (including phenoxy) is 1. The summed E-state index contributed by atoms with van der Waals surface area (Å²) in [7, 11) is 0. The van der Waals surface area contributed by atoms with E-state index in [4.69, 9.17) is 27.9 Å². The van der Waals surface area contributed by atoms with E-state index < -0.39 is 0 Å². The van der Waals surface area contributed by atoms with Gasteiger partial charge in [-0.1, -0.05) is 48.2 Å². The maximum absolute atomic E-state index is 6.11. The fourth-order valence-corrected chi connectivity index (χ4v) is 2.65. The third-order valence-corrected chi connectivity index (χ3v) is 4.14. The summed E-state index contributed by atoms with van der Waals surface area (Å²) in [5.41, 5.74) is 1.03. The molecule has 1 saturated carbocycles. The van der Waals surface area contributed by atoms with Crippen molar-refractivity contribution in [2.45, 2.75) is 38.3 Å². The second kappa shape index (κ2) is 7.34. The Morgan fingerprint density at radius 1 is 1.22 bits per heavy atom. The Labute approximate surface area is 119 Å². The van der Waals surface area contributed by atoms with Crippen LogP contribution >= 0.6 is 23.2 Å². The van der Waals surface area contributed by atoms with Gasteiger partial charge in [0.15, 0.2) is 0 Å². The van der Waals surface area contributed by atoms with Crippen LogP contribution in [-0.4, -0.2) is 19.3 Å². The molecule has 2 nitrogen and oxygen atoms in total. The Hall–Kier alpha value is -0.280. The van der Waals surface area contributed by atoms with Gasteiger partial charge in [0.05, 0.1) is 22.8 Å². The second-order valence-electron chi connectivity index (χ2n) is 4.67. The van der Waals surface area contributed by atoms with Crippen LogP contribution < -0.4 is 5.32 Å². The Bertz CT molecular complexity index is 378. The van der Waals surface area contributed by atoms with Crippen molar-refractivity contribution in [3.63, 3.8) is 0 Å². The van der Waals surface area contributed by atoms with Gasteiger partial charge < -0.3 is 10.1 Å². The fourth-order valence-electron chi connectivity index (χ4n) is 2.26. The van der Waals surface area contributed by atoms with Crippen LogP contribution in [0.2, 0.25) is 10.0 Å². The van der Waals surface area contributed by atoms with Crippen molar-refractivity contribution in [2.24, 2.45) is 0 Å². The first-order valence-corrected chi connectivity index (χ1v) is 7.28. The molecular weight excluding hydrogens is 269 g/mol. The van der Waals surface area contributed by atoms with Crippen molar-refractivity contribution in [2.75, 3.05) is 13.2 Å². The molecule has 1 fully saturated rings. The van der Waals surface area contributed by atoms with Crippen LogP contribution in [0.25, 0.3) is 0 Å². The van der Waals surface area contributed by atoms with E-state index in [0.717, 1.165) is 25.3 Å². The molecule has 1 aliphatic carbocycles. The van der Waals surface area contributed by atoms with Crippen LogP contribution in [0.4, 0.5) is 0 Å². The van der Waals surface area contributed by atoms with E-state index >= 15 is 0 Å². The minimum Gasteiger partial charge on any atom is -0.377 e. The lowest BCUT2D eigenvalue weighted by atomic mass is 10.2. The number of hydrogen-bond donors (Lipinski definition) is 1. The molecule has 2 rings (SSSR count). The number of benzene rings is 1. The number of nitrogens with one attached hydrogen (secondary N) is 1. The van der Waals surface area contributed by atoms with Crippen LogP contribution in [0.15, 0.2) is 18.2 Å². The summed E-state index contributed by atoms with van der Waals surface area (Å²) >= 11 is 12.1. The molecule has 0 bridgehead atoms. The third kappa shape index (κ3) is 4.13. The molecule has 0 aromatic heterocycles. The average Bonchev–Trinajstić information content (AvgIpc) is 2.87. The van der Waals surface area contributed by atoms with Gasteiger partial charge in [-0.05, 0) is 24.5 Å². The summed E-state index contributed by atoms with van der Waals surface area (Å²) in [5, 5.41) is 4.58. The zero-order chi connectivity index (χ0) is 12.8. The van der Waals surface area contributed by atoms with Gasteiger partial charge in [-0.3, -0.25) is 0 Å². The lowest BCUT2D eigenvalue weighted by Gasteiger charge is -2.12. The van der Waals surface area contributed by atoms with Gasteiger partial charge >= 0.3 is 0 Å². The first-order valence-electron chi connectivity index (χ1n) is 6.52. The summed E-state index contributed by atoms with van der Waals surface area (Å²) < 4.78 is 5.77. The predicted octanol–water partition coefficient (Wildman–Crippen LogP) is 4.04. The smallest absolute Gasteiger partial charge is 0.0637 e. The number of hydrogen-bond acceptors (Lipinski definition) is 2. The molecule has 0 atom stereocenters. The van der Waals surface area contributed by atoms with E-state index in [-0.39, 0.29) is 0 Å². The van der Waals surface area contributed by atoms with Gasteiger partial charge in [-0.15, -0.1) is 0 Å². The van der Waals surface area contributed by atoms with Gasteiger partial charge in [-0.2, -0.15) is 0 Å². The highest BCUT2D eigenvalue weighted by Gasteiger charge is 2.14. The highest BCUT2D eigenvalue weighted by molar-refractivity contribution is 6.42. The Kier molecular flexibility index (Phi) is 5.77. The largest absolute Gasteiger partial charge is 0.377 e.